The lowest BCUT2D eigenvalue weighted by atomic mass is 10.1. The molecular weight excluding hydrogens is 245 g/mol. The van der Waals surface area contributed by atoms with Crippen molar-refractivity contribution in [2.45, 2.75) is 39.7 Å². The Morgan fingerprint density at radius 1 is 1.37 bits per heavy atom. The van der Waals surface area contributed by atoms with Gasteiger partial charge in [-0.2, -0.15) is 0 Å². The highest BCUT2D eigenvalue weighted by Gasteiger charge is 2.09. The molecule has 0 spiro atoms. The number of hydrogen-bond acceptors (Lipinski definition) is 2. The molecule has 0 fully saturated rings. The van der Waals surface area contributed by atoms with E-state index in [9.17, 15) is 9.18 Å². The number of nitrogens with one attached hydrogen (secondary N) is 1. The van der Waals surface area contributed by atoms with Crippen LogP contribution in [0, 0.1) is 11.7 Å². The zero-order chi connectivity index (χ0) is 14.3. The molecule has 1 rings (SSSR count). The Bertz CT molecular complexity index is 419. The number of hydrogen-bond donors (Lipinski definition) is 2. The summed E-state index contributed by atoms with van der Waals surface area (Å²) in [6.45, 7) is 5.88. The second-order valence-electron chi connectivity index (χ2n) is 5.19. The summed E-state index contributed by atoms with van der Waals surface area (Å²) in [5.74, 6) is -1.17. The van der Waals surface area contributed by atoms with Crippen LogP contribution < -0.4 is 5.32 Å². The van der Waals surface area contributed by atoms with Crippen molar-refractivity contribution < 1.29 is 14.3 Å². The van der Waals surface area contributed by atoms with E-state index in [1.54, 1.807) is 6.07 Å². The van der Waals surface area contributed by atoms with Gasteiger partial charge >= 0.3 is 5.97 Å². The van der Waals surface area contributed by atoms with Crippen LogP contribution in [0.1, 0.15) is 49.0 Å². The quantitative estimate of drug-likeness (QED) is 0.709. The largest absolute Gasteiger partial charge is 0.478 e. The first kappa shape index (κ1) is 15.6. The molecule has 0 aromatic heterocycles. The number of benzene rings is 1. The molecule has 0 atom stereocenters. The fraction of sp³-hybridized carbons (Fsp3) is 0.533. The molecule has 106 valence electrons. The molecule has 0 saturated carbocycles. The van der Waals surface area contributed by atoms with Crippen molar-refractivity contribution in [2.24, 2.45) is 5.92 Å². The maximum absolute atomic E-state index is 13.4. The lowest BCUT2D eigenvalue weighted by Crippen LogP contribution is -2.15. The van der Waals surface area contributed by atoms with E-state index in [0.717, 1.165) is 24.4 Å². The highest BCUT2D eigenvalue weighted by atomic mass is 19.1. The van der Waals surface area contributed by atoms with Gasteiger partial charge in [0.25, 0.3) is 0 Å². The summed E-state index contributed by atoms with van der Waals surface area (Å²) in [7, 11) is 0. The molecule has 0 heterocycles. The highest BCUT2D eigenvalue weighted by molar-refractivity contribution is 5.87. The van der Waals surface area contributed by atoms with Gasteiger partial charge < -0.3 is 10.4 Å². The summed E-state index contributed by atoms with van der Waals surface area (Å²) in [4.78, 5) is 10.7. The fourth-order valence-electron chi connectivity index (χ4n) is 1.88. The SMILES string of the molecule is CC(C)CCCCNCc1ccc(C(=O)O)c(F)c1. The molecule has 1 aromatic rings. The zero-order valence-corrected chi connectivity index (χ0v) is 11.6. The van der Waals surface area contributed by atoms with E-state index < -0.39 is 11.8 Å². The number of carboxylic acids is 1. The summed E-state index contributed by atoms with van der Waals surface area (Å²) in [6, 6.07) is 4.24. The molecule has 0 aliphatic rings. The number of halogens is 1. The average molecular weight is 267 g/mol. The maximum Gasteiger partial charge on any atom is 0.338 e. The summed E-state index contributed by atoms with van der Waals surface area (Å²) in [5.41, 5.74) is 0.493. The smallest absolute Gasteiger partial charge is 0.338 e. The number of rotatable bonds is 8. The molecule has 0 unspecified atom stereocenters. The minimum atomic E-state index is -1.23. The van der Waals surface area contributed by atoms with Gasteiger partial charge in [-0.1, -0.05) is 32.8 Å². The molecule has 4 heteroatoms. The van der Waals surface area contributed by atoms with Gasteiger partial charge in [-0.3, -0.25) is 0 Å². The Balaban J connectivity index is 2.30. The van der Waals surface area contributed by atoms with Crippen LogP contribution in [0.25, 0.3) is 0 Å². The molecule has 0 amide bonds. The summed E-state index contributed by atoms with van der Waals surface area (Å²) >= 11 is 0. The standard InChI is InChI=1S/C15H22FNO2/c1-11(2)5-3-4-8-17-10-12-6-7-13(15(18)19)14(16)9-12/h6-7,9,11,17H,3-5,8,10H2,1-2H3,(H,18,19). The predicted molar refractivity (Wildman–Crippen MR) is 73.8 cm³/mol. The Labute approximate surface area is 113 Å². The van der Waals surface area contributed by atoms with E-state index in [1.165, 1.54) is 25.0 Å². The number of carbonyl (C=O) groups is 1. The Morgan fingerprint density at radius 2 is 2.11 bits per heavy atom. The van der Waals surface area contributed by atoms with Crippen molar-refractivity contribution in [2.75, 3.05) is 6.54 Å². The molecule has 0 saturated heterocycles. The van der Waals surface area contributed by atoms with Crippen LogP contribution in [0.3, 0.4) is 0 Å². The van der Waals surface area contributed by atoms with E-state index in [-0.39, 0.29) is 5.56 Å². The monoisotopic (exact) mass is 267 g/mol. The van der Waals surface area contributed by atoms with E-state index in [4.69, 9.17) is 5.11 Å². The minimum absolute atomic E-state index is 0.277. The van der Waals surface area contributed by atoms with Gasteiger partial charge in [0.2, 0.25) is 0 Å². The van der Waals surface area contributed by atoms with E-state index >= 15 is 0 Å². The maximum atomic E-state index is 13.4. The van der Waals surface area contributed by atoms with Gasteiger partial charge in [0, 0.05) is 6.54 Å². The van der Waals surface area contributed by atoms with E-state index in [1.807, 2.05) is 0 Å². The normalized spacial score (nSPS) is 10.9. The molecule has 1 aromatic carbocycles. The van der Waals surface area contributed by atoms with Gasteiger partial charge in [-0.25, -0.2) is 9.18 Å². The highest BCUT2D eigenvalue weighted by Crippen LogP contribution is 2.10. The second kappa shape index (κ2) is 7.89. The number of aromatic carboxylic acids is 1. The Hall–Kier alpha value is -1.42. The predicted octanol–water partition coefficient (Wildman–Crippen LogP) is 3.44. The topological polar surface area (TPSA) is 49.3 Å². The molecule has 0 bridgehead atoms. The first-order valence-corrected chi connectivity index (χ1v) is 6.73. The average Bonchev–Trinajstić information content (AvgIpc) is 2.32. The lowest BCUT2D eigenvalue weighted by Gasteiger charge is -2.07. The molecular formula is C15H22FNO2. The van der Waals surface area contributed by atoms with Crippen molar-refractivity contribution in [3.8, 4) is 0 Å². The Morgan fingerprint density at radius 3 is 2.68 bits per heavy atom. The van der Waals surface area contributed by atoms with Crippen LogP contribution >= 0.6 is 0 Å². The fourth-order valence-corrected chi connectivity index (χ4v) is 1.88. The van der Waals surface area contributed by atoms with Crippen molar-refractivity contribution in [3.05, 3.63) is 35.1 Å². The minimum Gasteiger partial charge on any atom is -0.478 e. The summed E-state index contributed by atoms with van der Waals surface area (Å²) in [5, 5.41) is 12.0. The van der Waals surface area contributed by atoms with Crippen LogP contribution in [-0.4, -0.2) is 17.6 Å². The van der Waals surface area contributed by atoms with Crippen molar-refractivity contribution in [1.29, 1.82) is 0 Å². The van der Waals surface area contributed by atoms with Crippen LogP contribution in [-0.2, 0) is 6.54 Å². The van der Waals surface area contributed by atoms with Gasteiger partial charge in [-0.05, 0) is 36.6 Å². The van der Waals surface area contributed by atoms with Gasteiger partial charge in [0.05, 0.1) is 5.56 Å². The zero-order valence-electron chi connectivity index (χ0n) is 11.6. The molecule has 19 heavy (non-hydrogen) atoms. The third kappa shape index (κ3) is 5.83. The summed E-state index contributed by atoms with van der Waals surface area (Å²) in [6.07, 6.45) is 3.52. The second-order valence-corrected chi connectivity index (χ2v) is 5.19. The molecule has 0 radical (unpaired) electrons. The summed E-state index contributed by atoms with van der Waals surface area (Å²) < 4.78 is 13.4. The third-order valence-electron chi connectivity index (χ3n) is 2.98. The van der Waals surface area contributed by atoms with Gasteiger partial charge in [0.1, 0.15) is 5.82 Å². The third-order valence-corrected chi connectivity index (χ3v) is 2.98. The Kier molecular flexibility index (Phi) is 6.50. The van der Waals surface area contributed by atoms with Crippen molar-refractivity contribution in [1.82, 2.24) is 5.32 Å². The number of carboxylic acid groups (broad SMARTS) is 1. The molecule has 2 N–H and O–H groups in total. The van der Waals surface area contributed by atoms with Crippen LogP contribution in [0.2, 0.25) is 0 Å². The van der Waals surface area contributed by atoms with Crippen molar-refractivity contribution >= 4 is 5.97 Å². The van der Waals surface area contributed by atoms with Crippen molar-refractivity contribution in [3.63, 3.8) is 0 Å². The van der Waals surface area contributed by atoms with Gasteiger partial charge in [-0.15, -0.1) is 0 Å². The van der Waals surface area contributed by atoms with Crippen LogP contribution in [0.4, 0.5) is 4.39 Å². The molecule has 0 aliphatic heterocycles. The van der Waals surface area contributed by atoms with E-state index in [0.29, 0.717) is 6.54 Å². The van der Waals surface area contributed by atoms with Gasteiger partial charge in [0.15, 0.2) is 0 Å². The van der Waals surface area contributed by atoms with Crippen LogP contribution in [0.5, 0.6) is 0 Å². The lowest BCUT2D eigenvalue weighted by molar-refractivity contribution is 0.0692. The van der Waals surface area contributed by atoms with Crippen LogP contribution in [0.15, 0.2) is 18.2 Å². The first-order chi connectivity index (χ1) is 9.00. The molecule has 3 nitrogen and oxygen atoms in total. The first-order valence-electron chi connectivity index (χ1n) is 6.73. The number of unbranched alkanes of at least 4 members (excludes halogenated alkanes) is 1. The van der Waals surface area contributed by atoms with E-state index in [2.05, 4.69) is 19.2 Å². The molecule has 0 aliphatic carbocycles.